The molecule has 1 aromatic carbocycles. The predicted octanol–water partition coefficient (Wildman–Crippen LogP) is 0.336. The van der Waals surface area contributed by atoms with E-state index in [4.69, 9.17) is 5.11 Å². The van der Waals surface area contributed by atoms with Crippen molar-refractivity contribution >= 4 is 0 Å². The lowest BCUT2D eigenvalue weighted by Crippen LogP contribution is -2.00. The van der Waals surface area contributed by atoms with Gasteiger partial charge in [0.1, 0.15) is 5.82 Å². The zero-order chi connectivity index (χ0) is 10.7. The van der Waals surface area contributed by atoms with E-state index < -0.39 is 0 Å². The number of aromatic nitrogens is 4. The molecule has 0 aliphatic heterocycles. The molecular weight excluding hydrogens is 199 g/mol. The summed E-state index contributed by atoms with van der Waals surface area (Å²) in [5, 5.41) is 20.2. The van der Waals surface area contributed by atoms with Crippen LogP contribution in [0.3, 0.4) is 0 Å². The molecule has 0 bridgehead atoms. The number of hydrogen-bond donors (Lipinski definition) is 1. The molecule has 15 heavy (non-hydrogen) atoms. The molecule has 0 unspecified atom stereocenters. The van der Waals surface area contributed by atoms with Crippen LogP contribution in [0.2, 0.25) is 0 Å². The van der Waals surface area contributed by atoms with Gasteiger partial charge in [0.15, 0.2) is 5.82 Å². The van der Waals surface area contributed by atoms with Gasteiger partial charge in [0.2, 0.25) is 0 Å². The van der Waals surface area contributed by atoms with Crippen molar-refractivity contribution in [3.8, 4) is 5.69 Å². The monoisotopic (exact) mass is 208 g/mol. The van der Waals surface area contributed by atoms with Crippen molar-refractivity contribution in [2.24, 2.45) is 0 Å². The van der Waals surface area contributed by atoms with E-state index in [1.165, 1.54) is 16.9 Å². The van der Waals surface area contributed by atoms with Crippen LogP contribution in [-0.2, 0) is 6.42 Å². The Balaban J connectivity index is 2.25. The SMILES string of the molecule is OCCc1nnn(-c2ccc(F)cc2)n1. The third-order valence-corrected chi connectivity index (χ3v) is 1.85. The van der Waals surface area contributed by atoms with Gasteiger partial charge in [0.05, 0.1) is 12.3 Å². The van der Waals surface area contributed by atoms with Crippen molar-refractivity contribution in [1.29, 1.82) is 0 Å². The highest BCUT2D eigenvalue weighted by Gasteiger charge is 2.03. The normalized spacial score (nSPS) is 10.5. The molecule has 0 aliphatic carbocycles. The second-order valence-electron chi connectivity index (χ2n) is 2.95. The Kier molecular flexibility index (Phi) is 2.68. The molecule has 0 atom stereocenters. The van der Waals surface area contributed by atoms with E-state index in [9.17, 15) is 4.39 Å². The molecule has 0 saturated carbocycles. The van der Waals surface area contributed by atoms with E-state index in [-0.39, 0.29) is 12.4 Å². The van der Waals surface area contributed by atoms with Crippen molar-refractivity contribution in [1.82, 2.24) is 20.2 Å². The minimum atomic E-state index is -0.311. The van der Waals surface area contributed by atoms with Crippen LogP contribution in [0.5, 0.6) is 0 Å². The fourth-order valence-corrected chi connectivity index (χ4v) is 1.13. The molecule has 1 heterocycles. The maximum atomic E-state index is 12.6. The van der Waals surface area contributed by atoms with Crippen molar-refractivity contribution in [2.45, 2.75) is 6.42 Å². The first-order chi connectivity index (χ1) is 7.29. The van der Waals surface area contributed by atoms with Gasteiger partial charge in [-0.3, -0.25) is 0 Å². The summed E-state index contributed by atoms with van der Waals surface area (Å²) in [6.45, 7) is -0.0187. The number of hydrogen-bond acceptors (Lipinski definition) is 4. The highest BCUT2D eigenvalue weighted by molar-refractivity contribution is 5.28. The third kappa shape index (κ3) is 2.16. The predicted molar refractivity (Wildman–Crippen MR) is 49.9 cm³/mol. The van der Waals surface area contributed by atoms with Crippen LogP contribution in [-0.4, -0.2) is 31.9 Å². The average Bonchev–Trinajstić information content (AvgIpc) is 2.68. The molecule has 6 heteroatoms. The lowest BCUT2D eigenvalue weighted by Gasteiger charge is -1.96. The van der Waals surface area contributed by atoms with Crippen molar-refractivity contribution in [3.05, 3.63) is 35.9 Å². The Morgan fingerprint density at radius 1 is 1.27 bits per heavy atom. The largest absolute Gasteiger partial charge is 0.396 e. The van der Waals surface area contributed by atoms with E-state index in [2.05, 4.69) is 15.4 Å². The highest BCUT2D eigenvalue weighted by atomic mass is 19.1. The molecule has 0 radical (unpaired) electrons. The molecule has 2 aromatic rings. The molecule has 0 saturated heterocycles. The Bertz CT molecular complexity index is 440. The smallest absolute Gasteiger partial charge is 0.177 e. The molecule has 1 aromatic heterocycles. The van der Waals surface area contributed by atoms with Gasteiger partial charge in [0.25, 0.3) is 0 Å². The Morgan fingerprint density at radius 3 is 2.67 bits per heavy atom. The zero-order valence-corrected chi connectivity index (χ0v) is 7.84. The van der Waals surface area contributed by atoms with Crippen LogP contribution < -0.4 is 0 Å². The van der Waals surface area contributed by atoms with E-state index >= 15 is 0 Å². The summed E-state index contributed by atoms with van der Waals surface area (Å²) in [5.41, 5.74) is 0.632. The molecule has 0 aliphatic rings. The standard InChI is InChI=1S/C9H9FN4O/c10-7-1-3-8(4-2-7)14-12-9(5-6-15)11-13-14/h1-4,15H,5-6H2. The lowest BCUT2D eigenvalue weighted by atomic mass is 10.3. The number of aliphatic hydroxyl groups is 1. The number of halogens is 1. The Morgan fingerprint density at radius 2 is 2.00 bits per heavy atom. The van der Waals surface area contributed by atoms with Gasteiger partial charge in [-0.1, -0.05) is 0 Å². The van der Waals surface area contributed by atoms with Crippen LogP contribution in [0.1, 0.15) is 5.82 Å². The lowest BCUT2D eigenvalue weighted by molar-refractivity contribution is 0.296. The van der Waals surface area contributed by atoms with Gasteiger partial charge in [-0.05, 0) is 29.5 Å². The first-order valence-corrected chi connectivity index (χ1v) is 4.45. The van der Waals surface area contributed by atoms with Gasteiger partial charge in [0, 0.05) is 6.42 Å². The zero-order valence-electron chi connectivity index (χ0n) is 7.84. The number of tetrazole rings is 1. The summed E-state index contributed by atoms with van der Waals surface area (Å²) in [6, 6.07) is 5.76. The summed E-state index contributed by atoms with van der Waals surface area (Å²) in [4.78, 5) is 1.30. The van der Waals surface area contributed by atoms with Crippen LogP contribution >= 0.6 is 0 Å². The molecule has 78 valence electrons. The molecule has 5 nitrogen and oxygen atoms in total. The van der Waals surface area contributed by atoms with Gasteiger partial charge in [-0.15, -0.1) is 15.0 Å². The minimum absolute atomic E-state index is 0.0187. The van der Waals surface area contributed by atoms with Gasteiger partial charge < -0.3 is 5.11 Å². The number of rotatable bonds is 3. The molecular formula is C9H9FN4O. The minimum Gasteiger partial charge on any atom is -0.396 e. The average molecular weight is 208 g/mol. The Hall–Kier alpha value is -1.82. The van der Waals surface area contributed by atoms with Gasteiger partial charge >= 0.3 is 0 Å². The molecule has 2 rings (SSSR count). The van der Waals surface area contributed by atoms with Crippen LogP contribution in [0.25, 0.3) is 5.69 Å². The fraction of sp³-hybridized carbons (Fsp3) is 0.222. The summed E-state index contributed by atoms with van der Waals surface area (Å²) in [5.74, 6) is 0.149. The summed E-state index contributed by atoms with van der Waals surface area (Å²) < 4.78 is 12.6. The second-order valence-corrected chi connectivity index (χ2v) is 2.95. The maximum absolute atomic E-state index is 12.6. The van der Waals surface area contributed by atoms with Gasteiger partial charge in [-0.25, -0.2) is 4.39 Å². The summed E-state index contributed by atoms with van der Waals surface area (Å²) in [7, 11) is 0. The van der Waals surface area contributed by atoms with E-state index in [0.717, 1.165) is 0 Å². The van der Waals surface area contributed by atoms with Gasteiger partial charge in [-0.2, -0.15) is 0 Å². The van der Waals surface area contributed by atoms with E-state index in [1.807, 2.05) is 0 Å². The number of benzene rings is 1. The number of aliphatic hydroxyl groups excluding tert-OH is 1. The summed E-state index contributed by atoms with van der Waals surface area (Å²) >= 11 is 0. The quantitative estimate of drug-likeness (QED) is 0.789. The first kappa shape index (κ1) is 9.72. The van der Waals surface area contributed by atoms with E-state index in [1.54, 1.807) is 12.1 Å². The molecule has 0 fully saturated rings. The number of nitrogens with zero attached hydrogens (tertiary/aromatic N) is 4. The van der Waals surface area contributed by atoms with E-state index in [0.29, 0.717) is 17.9 Å². The second kappa shape index (κ2) is 4.14. The first-order valence-electron chi connectivity index (χ1n) is 4.45. The van der Waals surface area contributed by atoms with Crippen molar-refractivity contribution in [2.75, 3.05) is 6.61 Å². The van der Waals surface area contributed by atoms with Crippen LogP contribution in [0, 0.1) is 5.82 Å². The molecule has 0 amide bonds. The van der Waals surface area contributed by atoms with Crippen LogP contribution in [0.4, 0.5) is 4.39 Å². The third-order valence-electron chi connectivity index (χ3n) is 1.85. The fourth-order valence-electron chi connectivity index (χ4n) is 1.13. The highest BCUT2D eigenvalue weighted by Crippen LogP contribution is 2.05. The Labute approximate surface area is 85.2 Å². The summed E-state index contributed by atoms with van der Waals surface area (Å²) in [6.07, 6.45) is 0.362. The van der Waals surface area contributed by atoms with Crippen LogP contribution in [0.15, 0.2) is 24.3 Å². The van der Waals surface area contributed by atoms with Crippen molar-refractivity contribution in [3.63, 3.8) is 0 Å². The topological polar surface area (TPSA) is 63.8 Å². The molecule has 0 spiro atoms. The van der Waals surface area contributed by atoms with Crippen molar-refractivity contribution < 1.29 is 9.50 Å². The maximum Gasteiger partial charge on any atom is 0.177 e. The molecule has 1 N–H and O–H groups in total.